The fourth-order valence-corrected chi connectivity index (χ4v) is 3.49. The Morgan fingerprint density at radius 1 is 1.03 bits per heavy atom. The van der Waals surface area contributed by atoms with Gasteiger partial charge in [0.05, 0.1) is 12.0 Å². The van der Waals surface area contributed by atoms with E-state index in [2.05, 4.69) is 30.4 Å². The fourth-order valence-electron chi connectivity index (χ4n) is 3.36. The van der Waals surface area contributed by atoms with Gasteiger partial charge < -0.3 is 25.4 Å². The number of rotatable bonds is 7. The third-order valence-electron chi connectivity index (χ3n) is 5.17. The summed E-state index contributed by atoms with van der Waals surface area (Å²) in [6, 6.07) is 13.8. The van der Waals surface area contributed by atoms with Crippen molar-refractivity contribution in [1.29, 1.82) is 0 Å². The molecule has 4 rings (SSSR count). The first-order chi connectivity index (χ1) is 17.1. The Balaban J connectivity index is 1.46. The number of ether oxygens (including phenoxy) is 2. The summed E-state index contributed by atoms with van der Waals surface area (Å²) in [4.78, 5) is 28.7. The van der Waals surface area contributed by atoms with Gasteiger partial charge in [-0.3, -0.25) is 14.6 Å². The number of carbonyl (C=O) groups excluding carboxylic acids is 2. The van der Waals surface area contributed by atoms with Gasteiger partial charge >= 0.3 is 11.4 Å². The summed E-state index contributed by atoms with van der Waals surface area (Å²) < 4.78 is 49.9. The van der Waals surface area contributed by atoms with Gasteiger partial charge in [-0.25, -0.2) is 0 Å². The second-order valence-corrected chi connectivity index (χ2v) is 8.24. The minimum atomic E-state index is -4.39. The first-order valence-electron chi connectivity index (χ1n) is 10.6. The monoisotopic (exact) mass is 520 g/mol. The summed E-state index contributed by atoms with van der Waals surface area (Å²) in [7, 11) is 1.55. The maximum absolute atomic E-state index is 13.9. The van der Waals surface area contributed by atoms with Crippen molar-refractivity contribution >= 4 is 34.8 Å². The number of nitrogens with zero attached hydrogens (tertiary/aromatic N) is 1. The highest BCUT2D eigenvalue weighted by Gasteiger charge is 2.63. The van der Waals surface area contributed by atoms with E-state index in [4.69, 9.17) is 11.6 Å². The second kappa shape index (κ2) is 9.94. The topological polar surface area (TPSA) is 102 Å². The number of para-hydroxylation sites is 1. The number of likely N-dealkylation sites (N-methyl/N-ethyl adjacent to an activating group) is 1. The van der Waals surface area contributed by atoms with Crippen LogP contribution in [0.25, 0.3) is 0 Å². The number of benzene rings is 2. The molecule has 0 saturated heterocycles. The highest BCUT2D eigenvalue weighted by molar-refractivity contribution is 6.22. The number of halogens is 4. The van der Waals surface area contributed by atoms with Crippen LogP contribution in [-0.4, -0.2) is 35.3 Å². The van der Waals surface area contributed by atoms with E-state index >= 15 is 0 Å². The largest absolute Gasteiger partial charge is 0.488 e. The number of pyridine rings is 1. The van der Waals surface area contributed by atoms with E-state index in [0.29, 0.717) is 17.9 Å². The molecular weight excluding hydrogens is 501 g/mol. The summed E-state index contributed by atoms with van der Waals surface area (Å²) in [5.41, 5.74) is 2.39. The van der Waals surface area contributed by atoms with Crippen LogP contribution in [-0.2, 0) is 17.8 Å². The predicted molar refractivity (Wildman–Crippen MR) is 126 cm³/mol. The predicted octanol–water partition coefficient (Wildman–Crippen LogP) is 4.46. The van der Waals surface area contributed by atoms with Gasteiger partial charge in [0.25, 0.3) is 5.91 Å². The molecule has 0 fully saturated rings. The quantitative estimate of drug-likeness (QED) is 0.398. The molecule has 3 N–H and O–H groups in total. The zero-order chi connectivity index (χ0) is 25.9. The zero-order valence-electron chi connectivity index (χ0n) is 18.8. The Kier molecular flexibility index (Phi) is 6.93. The standard InChI is InChI=1S/C24H20ClF3N4O4/c1-29-21(33)12-16-10-14(8-9-30-16)13-31-18-5-3-2-4-17(18)22(34)32-15-6-7-19-20(11-15)35-23(25,26)24(27,28)36-19/h2-11,31H,12-13H2,1H3,(H,29,33)(H,32,34). The average molecular weight is 521 g/mol. The first-order valence-corrected chi connectivity index (χ1v) is 11.0. The molecule has 1 aliphatic rings. The summed E-state index contributed by atoms with van der Waals surface area (Å²) >= 11 is 5.11. The van der Waals surface area contributed by atoms with Crippen LogP contribution in [0.3, 0.4) is 0 Å². The highest BCUT2D eigenvalue weighted by atomic mass is 35.5. The van der Waals surface area contributed by atoms with E-state index in [1.54, 1.807) is 49.6 Å². The molecular formula is C24H20ClF3N4O4. The summed E-state index contributed by atoms with van der Waals surface area (Å²) in [6.45, 7) is 0.347. The number of carbonyl (C=O) groups is 2. The molecule has 0 spiro atoms. The van der Waals surface area contributed by atoms with Gasteiger partial charge in [0.15, 0.2) is 11.5 Å². The molecule has 12 heteroatoms. The van der Waals surface area contributed by atoms with Crippen LogP contribution in [0.2, 0.25) is 0 Å². The molecule has 1 unspecified atom stereocenters. The molecule has 188 valence electrons. The molecule has 0 radical (unpaired) electrons. The molecule has 0 saturated carbocycles. The summed E-state index contributed by atoms with van der Waals surface area (Å²) in [5, 5.41) is 4.43. The number of anilines is 2. The molecule has 2 aromatic carbocycles. The molecule has 2 heterocycles. The lowest BCUT2D eigenvalue weighted by Gasteiger charge is -2.33. The van der Waals surface area contributed by atoms with E-state index < -0.39 is 28.8 Å². The number of fused-ring (bicyclic) bond motifs is 1. The van der Waals surface area contributed by atoms with Crippen LogP contribution in [0, 0.1) is 0 Å². The van der Waals surface area contributed by atoms with Crippen LogP contribution in [0.5, 0.6) is 11.5 Å². The maximum Gasteiger partial charge on any atom is 0.488 e. The van der Waals surface area contributed by atoms with E-state index in [0.717, 1.165) is 17.7 Å². The maximum atomic E-state index is 13.9. The molecule has 2 amide bonds. The number of amides is 2. The van der Waals surface area contributed by atoms with Gasteiger partial charge in [-0.1, -0.05) is 12.1 Å². The lowest BCUT2D eigenvalue weighted by atomic mass is 10.1. The lowest BCUT2D eigenvalue weighted by molar-refractivity contribution is -0.303. The van der Waals surface area contributed by atoms with Crippen molar-refractivity contribution in [3.8, 4) is 11.5 Å². The molecule has 1 aliphatic heterocycles. The molecule has 36 heavy (non-hydrogen) atoms. The Hall–Kier alpha value is -3.99. The third-order valence-corrected chi connectivity index (χ3v) is 5.47. The normalized spacial score (nSPS) is 17.7. The Labute approximate surface area is 208 Å². The fraction of sp³-hybridized carbons (Fsp3) is 0.208. The van der Waals surface area contributed by atoms with Crippen LogP contribution >= 0.6 is 11.6 Å². The van der Waals surface area contributed by atoms with Crippen molar-refractivity contribution in [2.24, 2.45) is 0 Å². The molecule has 0 bridgehead atoms. The van der Waals surface area contributed by atoms with E-state index in [1.807, 2.05) is 0 Å². The summed E-state index contributed by atoms with van der Waals surface area (Å²) in [5.74, 6) is -1.51. The Bertz CT molecular complexity index is 1310. The van der Waals surface area contributed by atoms with Gasteiger partial charge in [-0.2, -0.15) is 13.2 Å². The average Bonchev–Trinajstić information content (AvgIpc) is 2.83. The van der Waals surface area contributed by atoms with Crippen molar-refractivity contribution in [2.45, 2.75) is 24.4 Å². The summed E-state index contributed by atoms with van der Waals surface area (Å²) in [6.07, 6.45) is -2.66. The van der Waals surface area contributed by atoms with Crippen LogP contribution in [0.1, 0.15) is 21.6 Å². The van der Waals surface area contributed by atoms with Gasteiger partial charge in [0.2, 0.25) is 5.91 Å². The van der Waals surface area contributed by atoms with Crippen molar-refractivity contribution in [1.82, 2.24) is 10.3 Å². The Morgan fingerprint density at radius 3 is 2.58 bits per heavy atom. The molecule has 1 aromatic heterocycles. The molecule has 0 aliphatic carbocycles. The van der Waals surface area contributed by atoms with Gasteiger partial charge in [-0.15, -0.1) is 0 Å². The minimum Gasteiger partial charge on any atom is -0.434 e. The van der Waals surface area contributed by atoms with Crippen molar-refractivity contribution < 1.29 is 32.2 Å². The van der Waals surface area contributed by atoms with Crippen molar-refractivity contribution in [3.05, 3.63) is 77.6 Å². The molecule has 3 aromatic rings. The number of aromatic nitrogens is 1. The molecule has 1 atom stereocenters. The van der Waals surface area contributed by atoms with Gasteiger partial charge in [0.1, 0.15) is 0 Å². The van der Waals surface area contributed by atoms with Crippen LogP contribution in [0.15, 0.2) is 60.8 Å². The van der Waals surface area contributed by atoms with Gasteiger partial charge in [0, 0.05) is 42.9 Å². The highest BCUT2D eigenvalue weighted by Crippen LogP contribution is 2.48. The second-order valence-electron chi connectivity index (χ2n) is 7.76. The molecule has 8 nitrogen and oxygen atoms in total. The minimum absolute atomic E-state index is 0.141. The van der Waals surface area contributed by atoms with Crippen LogP contribution in [0.4, 0.5) is 24.5 Å². The van der Waals surface area contributed by atoms with E-state index in [-0.39, 0.29) is 23.6 Å². The smallest absolute Gasteiger partial charge is 0.434 e. The van der Waals surface area contributed by atoms with Crippen LogP contribution < -0.4 is 25.4 Å². The van der Waals surface area contributed by atoms with Crippen molar-refractivity contribution in [2.75, 3.05) is 17.7 Å². The number of hydrogen-bond donors (Lipinski definition) is 3. The lowest BCUT2D eigenvalue weighted by Crippen LogP contribution is -2.51. The SMILES string of the molecule is CNC(=O)Cc1cc(CNc2ccccc2C(=O)Nc2ccc3c(c2)OC(F)(Cl)C(F)(F)O3)ccn1. The van der Waals surface area contributed by atoms with Crippen molar-refractivity contribution in [3.63, 3.8) is 0 Å². The van der Waals surface area contributed by atoms with E-state index in [1.165, 1.54) is 6.07 Å². The number of hydrogen-bond acceptors (Lipinski definition) is 6. The Morgan fingerprint density at radius 2 is 1.81 bits per heavy atom. The first kappa shape index (κ1) is 25.1. The van der Waals surface area contributed by atoms with E-state index in [9.17, 15) is 22.8 Å². The number of alkyl halides is 4. The number of nitrogens with one attached hydrogen (secondary N) is 3. The van der Waals surface area contributed by atoms with Gasteiger partial charge in [-0.05, 0) is 53.6 Å². The third kappa shape index (κ3) is 5.46. The zero-order valence-corrected chi connectivity index (χ0v) is 19.5.